The van der Waals surface area contributed by atoms with Gasteiger partial charge in [0.1, 0.15) is 0 Å². The Morgan fingerprint density at radius 2 is 1.50 bits per heavy atom. The second kappa shape index (κ2) is 7.71. The number of anilines is 1. The molecule has 1 saturated heterocycles. The first-order valence-electron chi connectivity index (χ1n) is 10.3. The maximum atomic E-state index is 12.5. The third-order valence-electron chi connectivity index (χ3n) is 5.72. The van der Waals surface area contributed by atoms with Crippen LogP contribution in [0.1, 0.15) is 24.6 Å². The molecule has 30 heavy (non-hydrogen) atoms. The van der Waals surface area contributed by atoms with E-state index >= 15 is 0 Å². The predicted molar refractivity (Wildman–Crippen MR) is 119 cm³/mol. The SMILES string of the molecule is Cc1nc2ccccc2nc1N1CCC(n2nc(-c3ccccc3)ccc2=O)CC1. The van der Waals surface area contributed by atoms with Crippen molar-refractivity contribution in [1.82, 2.24) is 19.7 Å². The Hall–Kier alpha value is -3.54. The minimum Gasteiger partial charge on any atom is -0.355 e. The summed E-state index contributed by atoms with van der Waals surface area (Å²) in [5.41, 5.74) is 4.57. The Labute approximate surface area is 174 Å². The monoisotopic (exact) mass is 397 g/mol. The highest BCUT2D eigenvalue weighted by Gasteiger charge is 2.24. The number of nitrogens with zero attached hydrogens (tertiary/aromatic N) is 5. The number of hydrogen-bond acceptors (Lipinski definition) is 5. The first-order chi connectivity index (χ1) is 14.7. The van der Waals surface area contributed by atoms with Crippen LogP contribution in [0.4, 0.5) is 5.82 Å². The molecular weight excluding hydrogens is 374 g/mol. The molecule has 6 heteroatoms. The summed E-state index contributed by atoms with van der Waals surface area (Å²) in [6.07, 6.45) is 1.69. The summed E-state index contributed by atoms with van der Waals surface area (Å²) in [7, 11) is 0. The van der Waals surface area contributed by atoms with E-state index < -0.39 is 0 Å². The molecule has 0 atom stereocenters. The molecule has 3 heterocycles. The van der Waals surface area contributed by atoms with Crippen LogP contribution in [-0.4, -0.2) is 32.8 Å². The first kappa shape index (κ1) is 18.5. The Morgan fingerprint density at radius 3 is 2.23 bits per heavy atom. The summed E-state index contributed by atoms with van der Waals surface area (Å²) in [5.74, 6) is 0.936. The van der Waals surface area contributed by atoms with Crippen molar-refractivity contribution in [2.45, 2.75) is 25.8 Å². The highest BCUT2D eigenvalue weighted by atomic mass is 16.1. The lowest BCUT2D eigenvalue weighted by atomic mass is 10.0. The van der Waals surface area contributed by atoms with Gasteiger partial charge in [-0.15, -0.1) is 0 Å². The van der Waals surface area contributed by atoms with E-state index in [-0.39, 0.29) is 11.6 Å². The predicted octanol–water partition coefficient (Wildman–Crippen LogP) is 4.00. The van der Waals surface area contributed by atoms with Crippen LogP contribution in [0.25, 0.3) is 22.3 Å². The van der Waals surface area contributed by atoms with Gasteiger partial charge >= 0.3 is 0 Å². The van der Waals surface area contributed by atoms with Gasteiger partial charge in [0.15, 0.2) is 5.82 Å². The van der Waals surface area contributed by atoms with Gasteiger partial charge in [-0.3, -0.25) is 4.79 Å². The van der Waals surface area contributed by atoms with Crippen LogP contribution in [0.3, 0.4) is 0 Å². The van der Waals surface area contributed by atoms with Crippen molar-refractivity contribution in [3.8, 4) is 11.3 Å². The third-order valence-corrected chi connectivity index (χ3v) is 5.72. The molecule has 0 spiro atoms. The minimum atomic E-state index is -0.0465. The molecule has 6 nitrogen and oxygen atoms in total. The number of piperidine rings is 1. The minimum absolute atomic E-state index is 0.0465. The standard InChI is InChI=1S/C24H23N5O/c1-17-24(26-22-10-6-5-9-21(22)25-17)28-15-13-19(14-16-28)29-23(30)12-11-20(27-29)18-7-3-2-4-8-18/h2-12,19H,13-16H2,1H3. The normalized spacial score (nSPS) is 14.9. The maximum Gasteiger partial charge on any atom is 0.267 e. The van der Waals surface area contributed by atoms with Gasteiger partial charge in [0, 0.05) is 24.7 Å². The number of aromatic nitrogens is 4. The second-order valence-electron chi connectivity index (χ2n) is 7.71. The summed E-state index contributed by atoms with van der Waals surface area (Å²) in [6, 6.07) is 21.4. The summed E-state index contributed by atoms with van der Waals surface area (Å²) in [4.78, 5) is 24.4. The number of para-hydroxylation sites is 2. The molecule has 0 unspecified atom stereocenters. The lowest BCUT2D eigenvalue weighted by Crippen LogP contribution is -2.39. The van der Waals surface area contributed by atoms with Crippen molar-refractivity contribution in [3.05, 3.63) is 82.8 Å². The largest absolute Gasteiger partial charge is 0.355 e. The summed E-state index contributed by atoms with van der Waals surface area (Å²) >= 11 is 0. The molecule has 1 aliphatic heterocycles. The second-order valence-corrected chi connectivity index (χ2v) is 7.71. The molecule has 2 aromatic heterocycles. The van der Waals surface area contributed by atoms with Gasteiger partial charge in [0.25, 0.3) is 5.56 Å². The van der Waals surface area contributed by atoms with Gasteiger partial charge in [-0.1, -0.05) is 42.5 Å². The molecule has 0 radical (unpaired) electrons. The van der Waals surface area contributed by atoms with Crippen LogP contribution < -0.4 is 10.5 Å². The van der Waals surface area contributed by atoms with Crippen LogP contribution in [0, 0.1) is 6.92 Å². The van der Waals surface area contributed by atoms with Gasteiger partial charge in [0.05, 0.1) is 28.5 Å². The quantitative estimate of drug-likeness (QED) is 0.523. The van der Waals surface area contributed by atoms with E-state index in [0.29, 0.717) is 0 Å². The molecule has 0 saturated carbocycles. The summed E-state index contributed by atoms with van der Waals surface area (Å²) in [5, 5.41) is 4.68. The number of aryl methyl sites for hydroxylation is 1. The summed E-state index contributed by atoms with van der Waals surface area (Å²) < 4.78 is 1.67. The Morgan fingerprint density at radius 1 is 0.833 bits per heavy atom. The Kier molecular flexibility index (Phi) is 4.75. The van der Waals surface area contributed by atoms with Crippen LogP contribution in [-0.2, 0) is 0 Å². The van der Waals surface area contributed by atoms with Gasteiger partial charge in [0.2, 0.25) is 0 Å². The zero-order chi connectivity index (χ0) is 20.5. The van der Waals surface area contributed by atoms with Gasteiger partial charge in [-0.05, 0) is 38.0 Å². The van der Waals surface area contributed by atoms with Crippen LogP contribution in [0.5, 0.6) is 0 Å². The topological polar surface area (TPSA) is 63.9 Å². The smallest absolute Gasteiger partial charge is 0.267 e. The average Bonchev–Trinajstić information content (AvgIpc) is 2.80. The van der Waals surface area contributed by atoms with Crippen LogP contribution in [0.15, 0.2) is 71.5 Å². The van der Waals surface area contributed by atoms with E-state index in [0.717, 1.165) is 59.7 Å². The highest BCUT2D eigenvalue weighted by Crippen LogP contribution is 2.27. The summed E-state index contributed by atoms with van der Waals surface area (Å²) in [6.45, 7) is 3.65. The molecular formula is C24H23N5O. The highest BCUT2D eigenvalue weighted by molar-refractivity contribution is 5.76. The van der Waals surface area contributed by atoms with Crippen molar-refractivity contribution in [3.63, 3.8) is 0 Å². The van der Waals surface area contributed by atoms with Gasteiger partial charge in [-0.2, -0.15) is 5.10 Å². The van der Waals surface area contributed by atoms with Crippen molar-refractivity contribution < 1.29 is 0 Å². The molecule has 1 aliphatic rings. The molecule has 0 aliphatic carbocycles. The van der Waals surface area contributed by atoms with Crippen molar-refractivity contribution >= 4 is 16.9 Å². The number of rotatable bonds is 3. The molecule has 0 amide bonds. The van der Waals surface area contributed by atoms with E-state index in [4.69, 9.17) is 9.97 Å². The maximum absolute atomic E-state index is 12.5. The number of fused-ring (bicyclic) bond motifs is 1. The van der Waals surface area contributed by atoms with E-state index in [1.165, 1.54) is 0 Å². The van der Waals surface area contributed by atoms with E-state index in [9.17, 15) is 4.79 Å². The van der Waals surface area contributed by atoms with Gasteiger partial charge < -0.3 is 4.90 Å². The molecule has 150 valence electrons. The average molecular weight is 397 g/mol. The molecule has 5 rings (SSSR count). The van der Waals surface area contributed by atoms with Crippen LogP contribution >= 0.6 is 0 Å². The van der Waals surface area contributed by atoms with Crippen molar-refractivity contribution in [1.29, 1.82) is 0 Å². The fraction of sp³-hybridized carbons (Fsp3) is 0.250. The number of hydrogen-bond donors (Lipinski definition) is 0. The van der Waals surface area contributed by atoms with E-state index in [1.54, 1.807) is 16.8 Å². The number of benzene rings is 2. The molecule has 4 aromatic rings. The Balaban J connectivity index is 1.38. The lowest BCUT2D eigenvalue weighted by molar-refractivity contribution is 0.353. The zero-order valence-corrected chi connectivity index (χ0v) is 16.9. The molecule has 0 N–H and O–H groups in total. The van der Waals surface area contributed by atoms with E-state index in [1.807, 2.05) is 61.5 Å². The fourth-order valence-corrected chi connectivity index (χ4v) is 4.15. The zero-order valence-electron chi connectivity index (χ0n) is 16.9. The first-order valence-corrected chi connectivity index (χ1v) is 10.3. The lowest BCUT2D eigenvalue weighted by Gasteiger charge is -2.33. The molecule has 2 aromatic carbocycles. The van der Waals surface area contributed by atoms with Crippen molar-refractivity contribution in [2.24, 2.45) is 0 Å². The Bertz CT molecular complexity index is 1240. The third kappa shape index (κ3) is 3.45. The molecule has 0 bridgehead atoms. The van der Waals surface area contributed by atoms with Crippen LogP contribution in [0.2, 0.25) is 0 Å². The van der Waals surface area contributed by atoms with Gasteiger partial charge in [-0.25, -0.2) is 14.6 Å². The molecule has 1 fully saturated rings. The van der Waals surface area contributed by atoms with Crippen molar-refractivity contribution in [2.75, 3.05) is 18.0 Å². The fourth-order valence-electron chi connectivity index (χ4n) is 4.15. The van der Waals surface area contributed by atoms with E-state index in [2.05, 4.69) is 10.00 Å².